The van der Waals surface area contributed by atoms with Crippen molar-refractivity contribution in [3.05, 3.63) is 58.6 Å². The number of anilines is 1. The fourth-order valence-corrected chi connectivity index (χ4v) is 1.80. The number of carbonyl (C=O) groups is 2. The molecule has 96 valence electrons. The molecule has 2 rings (SSSR count). The van der Waals surface area contributed by atoms with E-state index in [1.54, 1.807) is 30.3 Å². The summed E-state index contributed by atoms with van der Waals surface area (Å²) in [6.45, 7) is 0. The van der Waals surface area contributed by atoms with Crippen molar-refractivity contribution in [1.82, 2.24) is 0 Å². The van der Waals surface area contributed by atoms with Gasteiger partial charge in [-0.05, 0) is 24.3 Å². The van der Waals surface area contributed by atoms with Crippen molar-refractivity contribution in [2.24, 2.45) is 0 Å². The van der Waals surface area contributed by atoms with E-state index in [9.17, 15) is 14.7 Å². The highest BCUT2D eigenvalue weighted by molar-refractivity contribution is 6.33. The van der Waals surface area contributed by atoms with Crippen molar-refractivity contribution >= 4 is 29.5 Å². The van der Waals surface area contributed by atoms with E-state index in [4.69, 9.17) is 11.6 Å². The molecule has 0 unspecified atom stereocenters. The molecule has 4 nitrogen and oxygen atoms in total. The molecule has 0 saturated heterocycles. The van der Waals surface area contributed by atoms with Crippen LogP contribution in [-0.4, -0.2) is 17.3 Å². The smallest absolute Gasteiger partial charge is 0.255 e. The van der Waals surface area contributed by atoms with Crippen molar-refractivity contribution in [3.63, 3.8) is 0 Å². The second kappa shape index (κ2) is 5.54. The third-order valence-corrected chi connectivity index (χ3v) is 2.79. The van der Waals surface area contributed by atoms with Crippen molar-refractivity contribution in [3.8, 4) is 5.75 Å². The van der Waals surface area contributed by atoms with E-state index in [-0.39, 0.29) is 22.0 Å². The van der Waals surface area contributed by atoms with Crippen molar-refractivity contribution in [2.75, 3.05) is 5.32 Å². The van der Waals surface area contributed by atoms with Gasteiger partial charge < -0.3 is 10.4 Å². The van der Waals surface area contributed by atoms with Gasteiger partial charge in [-0.3, -0.25) is 9.59 Å². The van der Waals surface area contributed by atoms with E-state index in [2.05, 4.69) is 5.32 Å². The summed E-state index contributed by atoms with van der Waals surface area (Å²) in [6, 6.07) is 11.2. The lowest BCUT2D eigenvalue weighted by Crippen LogP contribution is -2.12. The number of benzene rings is 2. The normalized spacial score (nSPS) is 9.95. The Kier molecular flexibility index (Phi) is 3.82. The zero-order valence-corrected chi connectivity index (χ0v) is 10.5. The van der Waals surface area contributed by atoms with Gasteiger partial charge in [0, 0.05) is 11.1 Å². The van der Waals surface area contributed by atoms with Gasteiger partial charge in [-0.1, -0.05) is 29.8 Å². The van der Waals surface area contributed by atoms with Gasteiger partial charge in [-0.15, -0.1) is 0 Å². The van der Waals surface area contributed by atoms with Gasteiger partial charge in [-0.2, -0.15) is 0 Å². The van der Waals surface area contributed by atoms with Gasteiger partial charge in [-0.25, -0.2) is 0 Å². The molecular weight excluding hydrogens is 266 g/mol. The van der Waals surface area contributed by atoms with Crippen LogP contribution in [-0.2, 0) is 0 Å². The zero-order valence-electron chi connectivity index (χ0n) is 9.76. The number of hydrogen-bond donors (Lipinski definition) is 2. The highest BCUT2D eigenvalue weighted by Crippen LogP contribution is 2.33. The topological polar surface area (TPSA) is 66.4 Å². The van der Waals surface area contributed by atoms with E-state index in [1.807, 2.05) is 0 Å². The van der Waals surface area contributed by atoms with Crippen LogP contribution in [0, 0.1) is 0 Å². The largest absolute Gasteiger partial charge is 0.504 e. The minimum absolute atomic E-state index is 0.00737. The monoisotopic (exact) mass is 275 g/mol. The molecule has 0 aliphatic rings. The molecule has 0 aliphatic carbocycles. The molecule has 0 bridgehead atoms. The maximum atomic E-state index is 11.9. The summed E-state index contributed by atoms with van der Waals surface area (Å²) in [7, 11) is 0. The summed E-state index contributed by atoms with van der Waals surface area (Å²) < 4.78 is 0. The molecule has 2 N–H and O–H groups in total. The van der Waals surface area contributed by atoms with Gasteiger partial charge in [0.1, 0.15) is 6.29 Å². The van der Waals surface area contributed by atoms with Crippen LogP contribution in [0.4, 0.5) is 5.69 Å². The molecule has 0 atom stereocenters. The number of nitrogens with one attached hydrogen (secondary N) is 1. The van der Waals surface area contributed by atoms with Gasteiger partial charge >= 0.3 is 0 Å². The van der Waals surface area contributed by atoms with Crippen LogP contribution in [0.5, 0.6) is 5.75 Å². The molecule has 0 heterocycles. The Morgan fingerprint density at radius 1 is 1.21 bits per heavy atom. The molecular formula is C14H10ClNO3. The molecule has 19 heavy (non-hydrogen) atoms. The Balaban J connectivity index is 2.31. The first-order valence-corrected chi connectivity index (χ1v) is 5.83. The molecule has 1 amide bonds. The lowest BCUT2D eigenvalue weighted by Gasteiger charge is -2.09. The first-order valence-electron chi connectivity index (χ1n) is 5.46. The van der Waals surface area contributed by atoms with Crippen LogP contribution in [0.25, 0.3) is 0 Å². The average molecular weight is 276 g/mol. The van der Waals surface area contributed by atoms with E-state index in [0.29, 0.717) is 11.8 Å². The number of phenols is 1. The summed E-state index contributed by atoms with van der Waals surface area (Å²) in [5.41, 5.74) is 0.809. The minimum atomic E-state index is -0.394. The van der Waals surface area contributed by atoms with Crippen molar-refractivity contribution < 1.29 is 14.7 Å². The quantitative estimate of drug-likeness (QED) is 0.668. The van der Waals surface area contributed by atoms with E-state index in [0.717, 1.165) is 0 Å². The third kappa shape index (κ3) is 2.92. The average Bonchev–Trinajstić information content (AvgIpc) is 2.44. The summed E-state index contributed by atoms with van der Waals surface area (Å²) in [6.07, 6.45) is 0.587. The number of halogens is 1. The minimum Gasteiger partial charge on any atom is -0.504 e. The van der Waals surface area contributed by atoms with E-state index in [1.165, 1.54) is 12.1 Å². The second-order valence-corrected chi connectivity index (χ2v) is 4.24. The molecule has 5 heteroatoms. The van der Waals surface area contributed by atoms with Crippen LogP contribution in [0.15, 0.2) is 42.5 Å². The molecule has 0 spiro atoms. The number of rotatable bonds is 3. The molecule has 0 aromatic heterocycles. The SMILES string of the molecule is O=Cc1cc(Cl)c(O)c(NC(=O)c2ccccc2)c1. The predicted octanol–water partition coefficient (Wildman–Crippen LogP) is 3.11. The molecule has 0 radical (unpaired) electrons. The predicted molar refractivity (Wildman–Crippen MR) is 72.9 cm³/mol. The van der Waals surface area contributed by atoms with Gasteiger partial charge in [0.15, 0.2) is 5.75 Å². The Morgan fingerprint density at radius 3 is 2.53 bits per heavy atom. The van der Waals surface area contributed by atoms with Crippen LogP contribution in [0.1, 0.15) is 20.7 Å². The van der Waals surface area contributed by atoms with E-state index < -0.39 is 5.91 Å². The maximum Gasteiger partial charge on any atom is 0.255 e. The maximum absolute atomic E-state index is 11.9. The number of amides is 1. The fraction of sp³-hybridized carbons (Fsp3) is 0. The van der Waals surface area contributed by atoms with Crippen LogP contribution < -0.4 is 5.32 Å². The number of carbonyl (C=O) groups excluding carboxylic acids is 2. The van der Waals surface area contributed by atoms with Gasteiger partial charge in [0.2, 0.25) is 0 Å². The summed E-state index contributed by atoms with van der Waals surface area (Å²) in [4.78, 5) is 22.6. The standard InChI is InChI=1S/C14H10ClNO3/c15-11-6-9(8-17)7-12(13(11)18)16-14(19)10-4-2-1-3-5-10/h1-8,18H,(H,16,19). The Labute approximate surface area is 114 Å². The highest BCUT2D eigenvalue weighted by Gasteiger charge is 2.12. The van der Waals surface area contributed by atoms with Crippen LogP contribution in [0.2, 0.25) is 5.02 Å². The lowest BCUT2D eigenvalue weighted by atomic mass is 10.1. The van der Waals surface area contributed by atoms with E-state index >= 15 is 0 Å². The van der Waals surface area contributed by atoms with Crippen molar-refractivity contribution in [2.45, 2.75) is 0 Å². The first kappa shape index (κ1) is 13.1. The molecule has 2 aromatic carbocycles. The number of aldehydes is 1. The molecule has 0 fully saturated rings. The summed E-state index contributed by atoms with van der Waals surface area (Å²) in [5.74, 6) is -0.661. The molecule has 0 aliphatic heterocycles. The number of phenolic OH excluding ortho intramolecular Hbond substituents is 1. The number of hydrogen-bond acceptors (Lipinski definition) is 3. The van der Waals surface area contributed by atoms with Crippen LogP contribution in [0.3, 0.4) is 0 Å². The Morgan fingerprint density at radius 2 is 1.89 bits per heavy atom. The van der Waals surface area contributed by atoms with Gasteiger partial charge in [0.25, 0.3) is 5.91 Å². The lowest BCUT2D eigenvalue weighted by molar-refractivity contribution is 0.102. The zero-order chi connectivity index (χ0) is 13.8. The third-order valence-electron chi connectivity index (χ3n) is 2.51. The second-order valence-electron chi connectivity index (χ2n) is 3.84. The fourth-order valence-electron chi connectivity index (χ4n) is 1.57. The van der Waals surface area contributed by atoms with Crippen LogP contribution >= 0.6 is 11.6 Å². The Bertz CT molecular complexity index is 626. The summed E-state index contributed by atoms with van der Waals surface area (Å²) >= 11 is 5.77. The molecule has 0 saturated carbocycles. The first-order chi connectivity index (χ1) is 9.11. The summed E-state index contributed by atoms with van der Waals surface area (Å²) in [5, 5.41) is 12.3. The van der Waals surface area contributed by atoms with Crippen molar-refractivity contribution in [1.29, 1.82) is 0 Å². The Hall–Kier alpha value is -2.33. The number of aromatic hydroxyl groups is 1. The highest BCUT2D eigenvalue weighted by atomic mass is 35.5. The van der Waals surface area contributed by atoms with Gasteiger partial charge in [0.05, 0.1) is 10.7 Å². The molecule has 2 aromatic rings.